The number of hydrogen-bond acceptors (Lipinski definition) is 1. The molecule has 2 nitrogen and oxygen atoms in total. The number of carbonyl (C=O) groups excluding carboxylic acids is 1. The summed E-state index contributed by atoms with van der Waals surface area (Å²) in [4.78, 5) is 14.7. The quantitative estimate of drug-likeness (QED) is 0.711. The van der Waals surface area contributed by atoms with Crippen LogP contribution in [0.15, 0.2) is 0 Å². The van der Waals surface area contributed by atoms with Crippen molar-refractivity contribution in [2.24, 2.45) is 11.8 Å². The molecule has 1 atom stereocenters. The zero-order valence-electron chi connectivity index (χ0n) is 10.8. The molecule has 17 heavy (non-hydrogen) atoms. The molecule has 0 heterocycles. The van der Waals surface area contributed by atoms with Gasteiger partial charge in [0.2, 0.25) is 5.91 Å². The standard InChI is InChI=1S/C14H24BrNO/c1-11(12-7-8-12)14(17)16(10-9-15)13-5-3-2-4-6-13/h11-13H,2-10H2,1H3. The van der Waals surface area contributed by atoms with Crippen molar-refractivity contribution in [3.8, 4) is 0 Å². The van der Waals surface area contributed by atoms with Crippen LogP contribution in [0, 0.1) is 11.8 Å². The minimum absolute atomic E-state index is 0.260. The summed E-state index contributed by atoms with van der Waals surface area (Å²) < 4.78 is 0. The van der Waals surface area contributed by atoms with Gasteiger partial charge in [-0.1, -0.05) is 42.1 Å². The van der Waals surface area contributed by atoms with Gasteiger partial charge in [0.25, 0.3) is 0 Å². The third-order valence-corrected chi connectivity index (χ3v) is 4.70. The van der Waals surface area contributed by atoms with Crippen LogP contribution in [0.2, 0.25) is 0 Å². The maximum absolute atomic E-state index is 12.5. The van der Waals surface area contributed by atoms with Gasteiger partial charge in [-0.3, -0.25) is 4.79 Å². The van der Waals surface area contributed by atoms with Gasteiger partial charge < -0.3 is 4.90 Å². The van der Waals surface area contributed by atoms with E-state index in [-0.39, 0.29) is 5.92 Å². The van der Waals surface area contributed by atoms with Crippen molar-refractivity contribution >= 4 is 21.8 Å². The van der Waals surface area contributed by atoms with Gasteiger partial charge in [0.1, 0.15) is 0 Å². The molecular formula is C14H24BrNO. The van der Waals surface area contributed by atoms with Crippen molar-refractivity contribution in [1.29, 1.82) is 0 Å². The number of nitrogens with zero attached hydrogens (tertiary/aromatic N) is 1. The van der Waals surface area contributed by atoms with E-state index in [4.69, 9.17) is 0 Å². The summed E-state index contributed by atoms with van der Waals surface area (Å²) >= 11 is 3.49. The Kier molecular flexibility index (Phi) is 4.89. The van der Waals surface area contributed by atoms with Crippen molar-refractivity contribution in [3.05, 3.63) is 0 Å². The minimum Gasteiger partial charge on any atom is -0.339 e. The number of rotatable bonds is 5. The van der Waals surface area contributed by atoms with Crippen molar-refractivity contribution in [3.63, 3.8) is 0 Å². The fourth-order valence-electron chi connectivity index (χ4n) is 3.02. The molecule has 0 spiro atoms. The van der Waals surface area contributed by atoms with Gasteiger partial charge in [0.05, 0.1) is 0 Å². The largest absolute Gasteiger partial charge is 0.339 e. The summed E-state index contributed by atoms with van der Waals surface area (Å²) in [5.41, 5.74) is 0. The van der Waals surface area contributed by atoms with Crippen LogP contribution < -0.4 is 0 Å². The zero-order valence-corrected chi connectivity index (χ0v) is 12.4. The molecule has 0 aromatic carbocycles. The van der Waals surface area contributed by atoms with Crippen LogP contribution in [0.1, 0.15) is 51.9 Å². The first-order chi connectivity index (χ1) is 8.24. The zero-order chi connectivity index (χ0) is 12.3. The van der Waals surface area contributed by atoms with E-state index < -0.39 is 0 Å². The summed E-state index contributed by atoms with van der Waals surface area (Å²) in [6, 6.07) is 0.523. The molecule has 0 aromatic heterocycles. The second kappa shape index (κ2) is 6.21. The van der Waals surface area contributed by atoms with Crippen molar-refractivity contribution < 1.29 is 4.79 Å². The summed E-state index contributed by atoms with van der Waals surface area (Å²) in [5.74, 6) is 1.36. The van der Waals surface area contributed by atoms with Gasteiger partial charge in [-0.05, 0) is 31.6 Å². The summed E-state index contributed by atoms with van der Waals surface area (Å²) in [7, 11) is 0. The van der Waals surface area contributed by atoms with Crippen LogP contribution >= 0.6 is 15.9 Å². The molecular weight excluding hydrogens is 278 g/mol. The molecule has 2 fully saturated rings. The molecule has 0 aliphatic heterocycles. The molecule has 0 N–H and O–H groups in total. The first-order valence-corrected chi connectivity index (χ1v) is 8.22. The third-order valence-electron chi connectivity index (χ3n) is 4.34. The van der Waals surface area contributed by atoms with Crippen LogP contribution in [0.4, 0.5) is 0 Å². The van der Waals surface area contributed by atoms with Crippen molar-refractivity contribution in [2.45, 2.75) is 57.9 Å². The van der Waals surface area contributed by atoms with Crippen LogP contribution in [0.3, 0.4) is 0 Å². The Morgan fingerprint density at radius 1 is 1.24 bits per heavy atom. The van der Waals surface area contributed by atoms with Crippen LogP contribution in [-0.2, 0) is 4.79 Å². The van der Waals surface area contributed by atoms with E-state index in [1.807, 2.05) is 0 Å². The molecule has 0 saturated heterocycles. The fraction of sp³-hybridized carbons (Fsp3) is 0.929. The lowest BCUT2D eigenvalue weighted by molar-refractivity contribution is -0.138. The molecule has 2 rings (SSSR count). The average molecular weight is 302 g/mol. The first-order valence-electron chi connectivity index (χ1n) is 7.10. The number of halogens is 1. The SMILES string of the molecule is CC(C(=O)N(CCBr)C1CCCCC1)C1CC1. The smallest absolute Gasteiger partial charge is 0.225 e. The van der Waals surface area contributed by atoms with Gasteiger partial charge in [0.15, 0.2) is 0 Å². The molecule has 98 valence electrons. The summed E-state index contributed by atoms with van der Waals surface area (Å²) in [6.07, 6.45) is 8.92. The van der Waals surface area contributed by atoms with E-state index in [1.54, 1.807) is 0 Å². The van der Waals surface area contributed by atoms with Gasteiger partial charge in [0, 0.05) is 23.8 Å². The predicted octanol–water partition coefficient (Wildman–Crippen LogP) is 3.59. The maximum Gasteiger partial charge on any atom is 0.225 e. The van der Waals surface area contributed by atoms with Gasteiger partial charge in [-0.15, -0.1) is 0 Å². The lowest BCUT2D eigenvalue weighted by atomic mass is 9.92. The second-order valence-electron chi connectivity index (χ2n) is 5.64. The lowest BCUT2D eigenvalue weighted by Gasteiger charge is -2.35. The number of alkyl halides is 1. The molecule has 0 radical (unpaired) electrons. The number of carbonyl (C=O) groups is 1. The van der Waals surface area contributed by atoms with E-state index >= 15 is 0 Å². The van der Waals surface area contributed by atoms with Crippen LogP contribution in [0.25, 0.3) is 0 Å². The molecule has 1 unspecified atom stereocenters. The van der Waals surface area contributed by atoms with Crippen molar-refractivity contribution in [2.75, 3.05) is 11.9 Å². The fourth-order valence-corrected chi connectivity index (χ4v) is 3.40. The Hall–Kier alpha value is -0.0500. The topological polar surface area (TPSA) is 20.3 Å². The van der Waals surface area contributed by atoms with Crippen LogP contribution in [-0.4, -0.2) is 28.7 Å². The van der Waals surface area contributed by atoms with Gasteiger partial charge >= 0.3 is 0 Å². The average Bonchev–Trinajstić information content (AvgIpc) is 3.19. The Balaban J connectivity index is 1.96. The van der Waals surface area contributed by atoms with E-state index in [1.165, 1.54) is 44.9 Å². The van der Waals surface area contributed by atoms with E-state index in [0.29, 0.717) is 17.9 Å². The normalized spacial score (nSPS) is 23.4. The molecule has 1 amide bonds. The maximum atomic E-state index is 12.5. The van der Waals surface area contributed by atoms with Crippen LogP contribution in [0.5, 0.6) is 0 Å². The molecule has 2 aliphatic rings. The third kappa shape index (κ3) is 3.46. The highest BCUT2D eigenvalue weighted by Crippen LogP contribution is 2.38. The van der Waals surface area contributed by atoms with E-state index in [2.05, 4.69) is 27.8 Å². The summed E-state index contributed by atoms with van der Waals surface area (Å²) in [5, 5.41) is 0.909. The number of amides is 1. The molecule has 3 heteroatoms. The summed E-state index contributed by atoms with van der Waals surface area (Å²) in [6.45, 7) is 3.02. The minimum atomic E-state index is 0.260. The first kappa shape index (κ1) is 13.4. The highest BCUT2D eigenvalue weighted by atomic mass is 79.9. The molecule has 0 aromatic rings. The van der Waals surface area contributed by atoms with E-state index in [0.717, 1.165) is 11.9 Å². The monoisotopic (exact) mass is 301 g/mol. The molecule has 2 saturated carbocycles. The molecule has 0 bridgehead atoms. The molecule has 2 aliphatic carbocycles. The van der Waals surface area contributed by atoms with Gasteiger partial charge in [-0.25, -0.2) is 0 Å². The predicted molar refractivity (Wildman–Crippen MR) is 74.3 cm³/mol. The Morgan fingerprint density at radius 2 is 1.88 bits per heavy atom. The highest BCUT2D eigenvalue weighted by molar-refractivity contribution is 9.09. The van der Waals surface area contributed by atoms with E-state index in [9.17, 15) is 4.79 Å². The Bertz CT molecular complexity index is 259. The Morgan fingerprint density at radius 3 is 2.41 bits per heavy atom. The lowest BCUT2D eigenvalue weighted by Crippen LogP contribution is -2.45. The van der Waals surface area contributed by atoms with Crippen molar-refractivity contribution in [1.82, 2.24) is 4.90 Å². The van der Waals surface area contributed by atoms with Gasteiger partial charge in [-0.2, -0.15) is 0 Å². The second-order valence-corrected chi connectivity index (χ2v) is 6.43. The Labute approximate surface area is 113 Å². The number of hydrogen-bond donors (Lipinski definition) is 0. The highest BCUT2D eigenvalue weighted by Gasteiger charge is 2.36.